The maximum absolute atomic E-state index is 11.4. The van der Waals surface area contributed by atoms with Gasteiger partial charge in [0.05, 0.1) is 0 Å². The summed E-state index contributed by atoms with van der Waals surface area (Å²) in [5.41, 5.74) is 1.06. The lowest BCUT2D eigenvalue weighted by Crippen LogP contribution is -2.25. The molecule has 0 saturated heterocycles. The zero-order valence-corrected chi connectivity index (χ0v) is 12.8. The molecule has 0 atom stereocenters. The lowest BCUT2D eigenvalue weighted by atomic mass is 10.0. The number of amides is 1. The molecule has 0 aliphatic heterocycles. The molecule has 0 aromatic carbocycles. The molecule has 6 nitrogen and oxygen atoms in total. The van der Waals surface area contributed by atoms with Gasteiger partial charge in [0.15, 0.2) is 0 Å². The highest BCUT2D eigenvalue weighted by Crippen LogP contribution is 2.28. The van der Waals surface area contributed by atoms with E-state index in [1.54, 1.807) is 6.33 Å². The van der Waals surface area contributed by atoms with Gasteiger partial charge in [-0.1, -0.05) is 13.8 Å². The average molecular weight is 279 g/mol. The van der Waals surface area contributed by atoms with Crippen molar-refractivity contribution in [3.8, 4) is 0 Å². The summed E-state index contributed by atoms with van der Waals surface area (Å²) in [6.45, 7) is 10.2. The first-order valence-electron chi connectivity index (χ1n) is 7.19. The number of hydrogen-bond acceptors (Lipinski definition) is 5. The van der Waals surface area contributed by atoms with Gasteiger partial charge < -0.3 is 16.0 Å². The van der Waals surface area contributed by atoms with Gasteiger partial charge in [0, 0.05) is 31.6 Å². The average Bonchev–Trinajstić information content (AvgIpc) is 2.39. The second-order valence-electron chi connectivity index (χ2n) is 4.80. The van der Waals surface area contributed by atoms with Crippen LogP contribution in [0.25, 0.3) is 0 Å². The standard InChI is InChI=1S/C14H25N5O/c1-5-15-11(20)7-8-17-14-12(10(3)4)13(16-6-2)18-9-19-14/h9-10H,5-8H2,1-4H3,(H,15,20)(H2,16,17,18,19). The first kappa shape index (κ1) is 16.2. The third-order valence-corrected chi connectivity index (χ3v) is 2.82. The SMILES string of the molecule is CCNC(=O)CCNc1ncnc(NCC)c1C(C)C. The minimum Gasteiger partial charge on any atom is -0.370 e. The predicted molar refractivity (Wildman–Crippen MR) is 82.1 cm³/mol. The van der Waals surface area contributed by atoms with Crippen molar-refractivity contribution in [3.05, 3.63) is 11.9 Å². The molecule has 6 heteroatoms. The predicted octanol–water partition coefficient (Wildman–Crippen LogP) is 1.97. The zero-order chi connectivity index (χ0) is 15.0. The van der Waals surface area contributed by atoms with Crippen molar-refractivity contribution in [2.24, 2.45) is 0 Å². The highest BCUT2D eigenvalue weighted by molar-refractivity contribution is 5.76. The van der Waals surface area contributed by atoms with Gasteiger partial charge in [0.25, 0.3) is 0 Å². The number of nitrogens with one attached hydrogen (secondary N) is 3. The van der Waals surface area contributed by atoms with Crippen LogP contribution in [0.3, 0.4) is 0 Å². The molecule has 0 radical (unpaired) electrons. The smallest absolute Gasteiger partial charge is 0.221 e. The summed E-state index contributed by atoms with van der Waals surface area (Å²) in [4.78, 5) is 20.0. The van der Waals surface area contributed by atoms with Gasteiger partial charge in [-0.3, -0.25) is 4.79 Å². The molecule has 112 valence electrons. The zero-order valence-electron chi connectivity index (χ0n) is 12.8. The number of rotatable bonds is 8. The molecule has 3 N–H and O–H groups in total. The Balaban J connectivity index is 2.73. The molecule has 1 aromatic rings. The molecule has 1 amide bonds. The molecule has 0 saturated carbocycles. The highest BCUT2D eigenvalue weighted by Gasteiger charge is 2.14. The van der Waals surface area contributed by atoms with Gasteiger partial charge in [-0.05, 0) is 19.8 Å². The fourth-order valence-electron chi connectivity index (χ4n) is 1.97. The van der Waals surface area contributed by atoms with Gasteiger partial charge in [-0.15, -0.1) is 0 Å². The Kier molecular flexibility index (Phi) is 6.76. The Bertz CT molecular complexity index is 434. The van der Waals surface area contributed by atoms with E-state index in [0.29, 0.717) is 25.4 Å². The molecule has 0 spiro atoms. The maximum atomic E-state index is 11.4. The molecule has 0 bridgehead atoms. The van der Waals surface area contributed by atoms with E-state index in [9.17, 15) is 4.79 Å². The second kappa shape index (κ2) is 8.35. The lowest BCUT2D eigenvalue weighted by molar-refractivity contribution is -0.120. The van der Waals surface area contributed by atoms with E-state index in [-0.39, 0.29) is 5.91 Å². The Morgan fingerprint density at radius 1 is 1.15 bits per heavy atom. The third-order valence-electron chi connectivity index (χ3n) is 2.82. The molecule has 0 aliphatic carbocycles. The maximum Gasteiger partial charge on any atom is 0.221 e. The van der Waals surface area contributed by atoms with Gasteiger partial charge in [-0.25, -0.2) is 9.97 Å². The van der Waals surface area contributed by atoms with Gasteiger partial charge in [-0.2, -0.15) is 0 Å². The number of anilines is 2. The van der Waals surface area contributed by atoms with Crippen LogP contribution in [-0.2, 0) is 4.79 Å². The second-order valence-corrected chi connectivity index (χ2v) is 4.80. The number of aromatic nitrogens is 2. The van der Waals surface area contributed by atoms with Crippen molar-refractivity contribution in [3.63, 3.8) is 0 Å². The van der Waals surface area contributed by atoms with Crippen molar-refractivity contribution in [1.82, 2.24) is 15.3 Å². The van der Waals surface area contributed by atoms with Crippen LogP contribution in [0.5, 0.6) is 0 Å². The van der Waals surface area contributed by atoms with E-state index in [1.807, 2.05) is 13.8 Å². The molecule has 0 aliphatic rings. The van der Waals surface area contributed by atoms with E-state index in [1.165, 1.54) is 0 Å². The van der Waals surface area contributed by atoms with Gasteiger partial charge in [0.1, 0.15) is 18.0 Å². The first-order chi connectivity index (χ1) is 9.60. The Labute approximate surface area is 120 Å². The van der Waals surface area contributed by atoms with E-state index in [2.05, 4.69) is 39.8 Å². The van der Waals surface area contributed by atoms with E-state index < -0.39 is 0 Å². The van der Waals surface area contributed by atoms with Crippen LogP contribution in [-0.4, -0.2) is 35.5 Å². The quantitative estimate of drug-likeness (QED) is 0.678. The van der Waals surface area contributed by atoms with Gasteiger partial charge >= 0.3 is 0 Å². The molecule has 0 fully saturated rings. The molecule has 1 aromatic heterocycles. The van der Waals surface area contributed by atoms with Crippen molar-refractivity contribution in [1.29, 1.82) is 0 Å². The topological polar surface area (TPSA) is 78.9 Å². The summed E-state index contributed by atoms with van der Waals surface area (Å²) in [6.07, 6.45) is 1.98. The van der Waals surface area contributed by atoms with Crippen molar-refractivity contribution >= 4 is 17.5 Å². The Morgan fingerprint density at radius 3 is 2.35 bits per heavy atom. The third kappa shape index (κ3) is 4.68. The molecular formula is C14H25N5O. The fraction of sp³-hybridized carbons (Fsp3) is 0.643. The lowest BCUT2D eigenvalue weighted by Gasteiger charge is -2.17. The van der Waals surface area contributed by atoms with E-state index >= 15 is 0 Å². The minimum atomic E-state index is 0.0482. The van der Waals surface area contributed by atoms with Crippen LogP contribution in [0.4, 0.5) is 11.6 Å². The number of carbonyl (C=O) groups is 1. The van der Waals surface area contributed by atoms with E-state index in [0.717, 1.165) is 23.7 Å². The van der Waals surface area contributed by atoms with Crippen molar-refractivity contribution in [2.75, 3.05) is 30.3 Å². The monoisotopic (exact) mass is 279 g/mol. The normalized spacial score (nSPS) is 10.4. The number of hydrogen-bond donors (Lipinski definition) is 3. The largest absolute Gasteiger partial charge is 0.370 e. The van der Waals surface area contributed by atoms with Crippen LogP contribution < -0.4 is 16.0 Å². The Hall–Kier alpha value is -1.85. The molecule has 1 rings (SSSR count). The van der Waals surface area contributed by atoms with Crippen LogP contribution >= 0.6 is 0 Å². The van der Waals surface area contributed by atoms with Crippen molar-refractivity contribution in [2.45, 2.75) is 40.0 Å². The van der Waals surface area contributed by atoms with Crippen LogP contribution in [0, 0.1) is 0 Å². The summed E-state index contributed by atoms with van der Waals surface area (Å²) < 4.78 is 0. The fourth-order valence-corrected chi connectivity index (χ4v) is 1.97. The summed E-state index contributed by atoms with van der Waals surface area (Å²) in [6, 6.07) is 0. The van der Waals surface area contributed by atoms with E-state index in [4.69, 9.17) is 0 Å². The molecule has 0 unspecified atom stereocenters. The van der Waals surface area contributed by atoms with Crippen LogP contribution in [0.2, 0.25) is 0 Å². The summed E-state index contributed by atoms with van der Waals surface area (Å²) >= 11 is 0. The highest BCUT2D eigenvalue weighted by atomic mass is 16.1. The minimum absolute atomic E-state index is 0.0482. The molecular weight excluding hydrogens is 254 g/mol. The summed E-state index contributed by atoms with van der Waals surface area (Å²) in [7, 11) is 0. The number of nitrogens with zero attached hydrogens (tertiary/aromatic N) is 2. The van der Waals surface area contributed by atoms with Crippen LogP contribution in [0.1, 0.15) is 45.6 Å². The van der Waals surface area contributed by atoms with Crippen molar-refractivity contribution < 1.29 is 4.79 Å². The van der Waals surface area contributed by atoms with Crippen LogP contribution in [0.15, 0.2) is 6.33 Å². The summed E-state index contributed by atoms with van der Waals surface area (Å²) in [5.74, 6) is 2.01. The molecule has 1 heterocycles. The molecule has 20 heavy (non-hydrogen) atoms. The first-order valence-corrected chi connectivity index (χ1v) is 7.19. The number of carbonyl (C=O) groups excluding carboxylic acids is 1. The van der Waals surface area contributed by atoms with Gasteiger partial charge in [0.2, 0.25) is 5.91 Å². The summed E-state index contributed by atoms with van der Waals surface area (Å²) in [5, 5.41) is 9.25. The Morgan fingerprint density at radius 2 is 1.80 bits per heavy atom.